The van der Waals surface area contributed by atoms with Crippen molar-refractivity contribution in [3.8, 4) is 0 Å². The molecule has 0 bridgehead atoms. The van der Waals surface area contributed by atoms with Crippen molar-refractivity contribution in [3.05, 3.63) is 47.9 Å². The van der Waals surface area contributed by atoms with Gasteiger partial charge in [-0.25, -0.2) is 15.8 Å². The molecule has 0 unspecified atom stereocenters. The first-order valence-corrected chi connectivity index (χ1v) is 5.92. The van der Waals surface area contributed by atoms with Gasteiger partial charge in [0.1, 0.15) is 5.69 Å². The van der Waals surface area contributed by atoms with Gasteiger partial charge in [0.25, 0.3) is 5.91 Å². The van der Waals surface area contributed by atoms with Crippen molar-refractivity contribution in [2.75, 3.05) is 10.7 Å². The van der Waals surface area contributed by atoms with Crippen LogP contribution < -0.4 is 16.6 Å². The number of benzene rings is 1. The van der Waals surface area contributed by atoms with Gasteiger partial charge in [-0.15, -0.1) is 0 Å². The standard InChI is InChI=1S/C13H15N5O/c1-2-9-5-3-4-6-10(9)17-13(19)11-7-16-12(18-14)8-15-11/h3-8H,2,14H2,1H3,(H,16,18)(H,17,19). The smallest absolute Gasteiger partial charge is 0.275 e. The highest BCUT2D eigenvalue weighted by Crippen LogP contribution is 2.16. The summed E-state index contributed by atoms with van der Waals surface area (Å²) < 4.78 is 0. The van der Waals surface area contributed by atoms with Crippen molar-refractivity contribution in [2.45, 2.75) is 13.3 Å². The van der Waals surface area contributed by atoms with Gasteiger partial charge < -0.3 is 10.7 Å². The van der Waals surface area contributed by atoms with Crippen molar-refractivity contribution in [1.82, 2.24) is 9.97 Å². The van der Waals surface area contributed by atoms with E-state index in [-0.39, 0.29) is 11.6 Å². The molecule has 0 atom stereocenters. The van der Waals surface area contributed by atoms with Crippen LogP contribution >= 0.6 is 0 Å². The number of nitrogens with one attached hydrogen (secondary N) is 2. The minimum Gasteiger partial charge on any atom is -0.320 e. The van der Waals surface area contributed by atoms with E-state index in [0.717, 1.165) is 17.7 Å². The maximum atomic E-state index is 12.0. The van der Waals surface area contributed by atoms with Crippen LogP contribution in [0.25, 0.3) is 0 Å². The Labute approximate surface area is 111 Å². The lowest BCUT2D eigenvalue weighted by Crippen LogP contribution is -2.16. The third kappa shape index (κ3) is 3.05. The molecule has 98 valence electrons. The number of aromatic nitrogens is 2. The molecule has 0 saturated heterocycles. The number of rotatable bonds is 4. The lowest BCUT2D eigenvalue weighted by Gasteiger charge is -2.09. The van der Waals surface area contributed by atoms with E-state index >= 15 is 0 Å². The van der Waals surface area contributed by atoms with Gasteiger partial charge >= 0.3 is 0 Å². The Bertz CT molecular complexity index is 568. The first-order valence-electron chi connectivity index (χ1n) is 5.92. The second-order valence-corrected chi connectivity index (χ2v) is 3.90. The topological polar surface area (TPSA) is 92.9 Å². The number of carbonyl (C=O) groups excluding carboxylic acids is 1. The van der Waals surface area contributed by atoms with Crippen LogP contribution in [0, 0.1) is 0 Å². The summed E-state index contributed by atoms with van der Waals surface area (Å²) >= 11 is 0. The number of nitrogen functional groups attached to an aromatic ring is 1. The molecule has 19 heavy (non-hydrogen) atoms. The quantitative estimate of drug-likeness (QED) is 0.571. The molecule has 6 heteroatoms. The number of amides is 1. The first-order chi connectivity index (χ1) is 9.24. The van der Waals surface area contributed by atoms with Gasteiger partial charge in [-0.2, -0.15) is 0 Å². The van der Waals surface area contributed by atoms with E-state index in [2.05, 4.69) is 20.7 Å². The average Bonchev–Trinajstić information content (AvgIpc) is 2.48. The lowest BCUT2D eigenvalue weighted by molar-refractivity contribution is 0.102. The second-order valence-electron chi connectivity index (χ2n) is 3.90. The Hall–Kier alpha value is -2.47. The van der Waals surface area contributed by atoms with E-state index in [1.165, 1.54) is 12.4 Å². The van der Waals surface area contributed by atoms with Crippen LogP contribution in [0.2, 0.25) is 0 Å². The Kier molecular flexibility index (Phi) is 4.04. The number of aryl methyl sites for hydroxylation is 1. The van der Waals surface area contributed by atoms with Crippen LogP contribution in [-0.2, 0) is 6.42 Å². The van der Waals surface area contributed by atoms with Gasteiger partial charge in [0.15, 0.2) is 5.82 Å². The fraction of sp³-hybridized carbons (Fsp3) is 0.154. The normalized spacial score (nSPS) is 10.0. The third-order valence-electron chi connectivity index (χ3n) is 2.68. The van der Waals surface area contributed by atoms with Gasteiger partial charge in [-0.1, -0.05) is 25.1 Å². The number of hydrazine groups is 1. The molecule has 0 aliphatic carbocycles. The molecular weight excluding hydrogens is 242 g/mol. The first kappa shape index (κ1) is 13.0. The number of anilines is 2. The number of para-hydroxylation sites is 1. The summed E-state index contributed by atoms with van der Waals surface area (Å²) in [5.41, 5.74) is 4.46. The molecule has 0 radical (unpaired) electrons. The largest absolute Gasteiger partial charge is 0.320 e. The average molecular weight is 257 g/mol. The number of carbonyl (C=O) groups is 1. The maximum absolute atomic E-state index is 12.0. The van der Waals surface area contributed by atoms with Crippen molar-refractivity contribution in [2.24, 2.45) is 5.84 Å². The van der Waals surface area contributed by atoms with Crippen LogP contribution in [0.3, 0.4) is 0 Å². The molecule has 1 aromatic carbocycles. The third-order valence-corrected chi connectivity index (χ3v) is 2.68. The molecule has 0 spiro atoms. The van der Waals surface area contributed by atoms with Crippen LogP contribution in [0.5, 0.6) is 0 Å². The summed E-state index contributed by atoms with van der Waals surface area (Å²) in [6.45, 7) is 2.03. The molecule has 6 nitrogen and oxygen atoms in total. The molecule has 0 aliphatic heterocycles. The zero-order valence-corrected chi connectivity index (χ0v) is 10.6. The van der Waals surface area contributed by atoms with E-state index in [4.69, 9.17) is 5.84 Å². The lowest BCUT2D eigenvalue weighted by atomic mass is 10.1. The summed E-state index contributed by atoms with van der Waals surface area (Å²) in [6.07, 6.45) is 3.62. The summed E-state index contributed by atoms with van der Waals surface area (Å²) in [7, 11) is 0. The predicted octanol–water partition coefficient (Wildman–Crippen LogP) is 1.58. The summed E-state index contributed by atoms with van der Waals surface area (Å²) in [6, 6.07) is 7.65. The zero-order chi connectivity index (χ0) is 13.7. The molecule has 0 saturated carbocycles. The Morgan fingerprint density at radius 1 is 1.26 bits per heavy atom. The molecule has 1 heterocycles. The fourth-order valence-corrected chi connectivity index (χ4v) is 1.66. The minimum absolute atomic E-state index is 0.241. The van der Waals surface area contributed by atoms with Crippen molar-refractivity contribution < 1.29 is 4.79 Å². The fourth-order valence-electron chi connectivity index (χ4n) is 1.66. The van der Waals surface area contributed by atoms with Gasteiger partial charge in [0.2, 0.25) is 0 Å². The van der Waals surface area contributed by atoms with Gasteiger partial charge in [0, 0.05) is 5.69 Å². The molecule has 2 aromatic rings. The van der Waals surface area contributed by atoms with Crippen LogP contribution in [0.1, 0.15) is 23.0 Å². The molecule has 0 fully saturated rings. The van der Waals surface area contributed by atoms with Gasteiger partial charge in [-0.05, 0) is 18.1 Å². The zero-order valence-electron chi connectivity index (χ0n) is 10.6. The van der Waals surface area contributed by atoms with Crippen molar-refractivity contribution >= 4 is 17.4 Å². The van der Waals surface area contributed by atoms with E-state index in [1.54, 1.807) is 0 Å². The van der Waals surface area contributed by atoms with Gasteiger partial charge in [-0.3, -0.25) is 4.79 Å². The second kappa shape index (κ2) is 5.92. The van der Waals surface area contributed by atoms with Crippen LogP contribution in [0.15, 0.2) is 36.7 Å². The number of nitrogens with zero attached hydrogens (tertiary/aromatic N) is 2. The Balaban J connectivity index is 2.16. The number of hydrogen-bond donors (Lipinski definition) is 3. The Morgan fingerprint density at radius 3 is 2.68 bits per heavy atom. The number of hydrogen-bond acceptors (Lipinski definition) is 5. The summed E-state index contributed by atoms with van der Waals surface area (Å²) in [4.78, 5) is 19.9. The van der Waals surface area contributed by atoms with Crippen molar-refractivity contribution in [1.29, 1.82) is 0 Å². The molecule has 0 aliphatic rings. The molecular formula is C13H15N5O. The summed E-state index contributed by atoms with van der Waals surface area (Å²) in [5.74, 6) is 5.30. The van der Waals surface area contributed by atoms with Crippen LogP contribution in [-0.4, -0.2) is 15.9 Å². The minimum atomic E-state index is -0.294. The maximum Gasteiger partial charge on any atom is 0.275 e. The highest BCUT2D eigenvalue weighted by Gasteiger charge is 2.10. The molecule has 1 amide bonds. The van der Waals surface area contributed by atoms with Crippen LogP contribution in [0.4, 0.5) is 11.5 Å². The monoisotopic (exact) mass is 257 g/mol. The predicted molar refractivity (Wildman–Crippen MR) is 73.6 cm³/mol. The number of nitrogens with two attached hydrogens (primary N) is 1. The van der Waals surface area contributed by atoms with E-state index in [0.29, 0.717) is 5.82 Å². The summed E-state index contributed by atoms with van der Waals surface area (Å²) in [5, 5.41) is 2.82. The van der Waals surface area contributed by atoms with E-state index in [1.807, 2.05) is 31.2 Å². The highest BCUT2D eigenvalue weighted by molar-refractivity contribution is 6.03. The van der Waals surface area contributed by atoms with Crippen molar-refractivity contribution in [3.63, 3.8) is 0 Å². The molecule has 2 rings (SSSR count). The van der Waals surface area contributed by atoms with E-state index in [9.17, 15) is 4.79 Å². The van der Waals surface area contributed by atoms with E-state index < -0.39 is 0 Å². The Morgan fingerprint density at radius 2 is 2.05 bits per heavy atom. The molecule has 4 N–H and O–H groups in total. The molecule has 1 aromatic heterocycles. The van der Waals surface area contributed by atoms with Gasteiger partial charge in [0.05, 0.1) is 12.4 Å². The SMILES string of the molecule is CCc1ccccc1NC(=O)c1cnc(NN)cn1. The highest BCUT2D eigenvalue weighted by atomic mass is 16.1.